The number of ether oxygens (including phenoxy) is 2. The molecule has 0 aliphatic carbocycles. The van der Waals surface area contributed by atoms with Crippen molar-refractivity contribution in [2.24, 2.45) is 5.73 Å². The van der Waals surface area contributed by atoms with E-state index in [0.29, 0.717) is 30.8 Å². The maximum Gasteiger partial charge on any atom is 1.00 e. The van der Waals surface area contributed by atoms with E-state index in [-0.39, 0.29) is 65.1 Å². The molecule has 0 saturated heterocycles. The maximum atomic E-state index is 12.0. The predicted octanol–water partition coefficient (Wildman–Crippen LogP) is 5.37. The number of sulfone groups is 1. The van der Waals surface area contributed by atoms with Crippen LogP contribution >= 0.6 is 90.4 Å². The number of rotatable bonds is 13. The van der Waals surface area contributed by atoms with Crippen LogP contribution < -0.4 is 50.5 Å². The van der Waals surface area contributed by atoms with Gasteiger partial charge in [0, 0.05) is 23.6 Å². The molecule has 1 aliphatic heterocycles. The minimum Gasteiger partial charge on any atom is -0.548 e. The second kappa shape index (κ2) is 26.3. The molecule has 0 aromatic heterocycles. The number of amides is 1. The second-order valence-corrected chi connectivity index (χ2v) is 20.9. The Kier molecular flexibility index (Phi) is 23.0. The number of phenolic OH excluding ortho intramolecular Hbond substituents is 1. The number of esters is 1. The summed E-state index contributed by atoms with van der Waals surface area (Å²) < 4.78 is 37.2. The number of benzene rings is 5. The van der Waals surface area contributed by atoms with Crippen LogP contribution in [0.15, 0.2) is 102 Å². The van der Waals surface area contributed by atoms with E-state index in [2.05, 4.69) is 69.2 Å². The van der Waals surface area contributed by atoms with E-state index >= 15 is 0 Å². The maximum absolute atomic E-state index is 12.0. The molecule has 6 rings (SSSR count). The van der Waals surface area contributed by atoms with Gasteiger partial charge in [-0.25, -0.2) is 13.2 Å². The van der Waals surface area contributed by atoms with Crippen LogP contribution in [0, 0.1) is 28.1 Å². The second-order valence-electron chi connectivity index (χ2n) is 14.2. The van der Waals surface area contributed by atoms with Gasteiger partial charge in [-0.05, 0) is 188 Å². The Morgan fingerprint density at radius 2 is 1.41 bits per heavy atom. The number of carboxylic acids is 1. The third-order valence-electron chi connectivity index (χ3n) is 9.58. The molecule has 1 aliphatic rings. The van der Waals surface area contributed by atoms with Gasteiger partial charge in [-0.1, -0.05) is 74.5 Å². The van der Waals surface area contributed by atoms with Crippen LogP contribution in [0.25, 0.3) is 11.1 Å². The van der Waals surface area contributed by atoms with Crippen LogP contribution in [-0.2, 0) is 35.4 Å². The van der Waals surface area contributed by atoms with Gasteiger partial charge in [0.1, 0.15) is 18.1 Å². The number of cyclic esters (lactones) is 1. The molecular formula is C46H46I4N3NaO9S. The number of nitrogens with zero attached hydrogens (tertiary/aromatic N) is 1. The van der Waals surface area contributed by atoms with E-state index in [1.54, 1.807) is 36.4 Å². The third kappa shape index (κ3) is 16.2. The number of nitrogens with one attached hydrogen (secondary N) is 1. The Hall–Kier alpha value is -2.36. The van der Waals surface area contributed by atoms with Crippen LogP contribution in [0.1, 0.15) is 41.7 Å². The number of aromatic hydroxyl groups is 1. The first kappa shape index (κ1) is 56.0. The molecule has 334 valence electrons. The molecule has 12 nitrogen and oxygen atoms in total. The van der Waals surface area contributed by atoms with Gasteiger partial charge in [-0.15, -0.1) is 0 Å². The van der Waals surface area contributed by atoms with Crippen LogP contribution in [0.4, 0.5) is 5.69 Å². The molecule has 0 saturated carbocycles. The Morgan fingerprint density at radius 3 is 1.91 bits per heavy atom. The summed E-state index contributed by atoms with van der Waals surface area (Å²) in [5.41, 5.74) is 12.4. The number of carbonyl (C=O) groups is 3. The number of hydrogen-bond acceptors (Lipinski definition) is 11. The number of para-hydroxylation sites is 1. The molecule has 1 atom stereocenters. The number of carboxylic acid groups (broad SMARTS) is 1. The van der Waals surface area contributed by atoms with Gasteiger partial charge in [0.25, 0.3) is 0 Å². The average molecular weight is 1350 g/mol. The number of carbonyl (C=O) groups excluding carboxylic acids is 3. The van der Waals surface area contributed by atoms with Gasteiger partial charge >= 0.3 is 35.5 Å². The van der Waals surface area contributed by atoms with Gasteiger partial charge in [-0.2, -0.15) is 0 Å². The molecule has 0 spiro atoms. The Bertz CT molecular complexity index is 2530. The van der Waals surface area contributed by atoms with Crippen LogP contribution in [0.5, 0.6) is 17.2 Å². The summed E-state index contributed by atoms with van der Waals surface area (Å²) in [5, 5.41) is 23.6. The molecule has 64 heavy (non-hydrogen) atoms. The van der Waals surface area contributed by atoms with Crippen molar-refractivity contribution >= 4 is 135 Å². The first-order chi connectivity index (χ1) is 29.7. The number of nitrogens with two attached hydrogens (primary N) is 1. The largest absolute Gasteiger partial charge is 1.00 e. The van der Waals surface area contributed by atoms with Crippen molar-refractivity contribution in [2.45, 2.75) is 45.1 Å². The minimum atomic E-state index is -3.23. The van der Waals surface area contributed by atoms with Crippen molar-refractivity contribution in [1.82, 2.24) is 4.90 Å². The SMILES string of the molecule is CCN(CC)CC(=O)Nc1c(C)cccc1C.CS(=O)(=O)c1ccc(C2=C(c3ccccc3)C(=O)OC2)cc1.N[C@@H](Cc1cc(I)c(Oc2cc(I)c(O)c(I)c2)c(I)c1)C(=O)[O-].[Na+]. The molecule has 4 N–H and O–H groups in total. The Labute approximate surface area is 451 Å². The van der Waals surface area contributed by atoms with Crippen molar-refractivity contribution < 1.29 is 72.0 Å². The van der Waals surface area contributed by atoms with Crippen molar-refractivity contribution in [3.05, 3.63) is 139 Å². The molecule has 5 aromatic rings. The predicted molar refractivity (Wildman–Crippen MR) is 278 cm³/mol. The number of hydrogen-bond donors (Lipinski definition) is 3. The van der Waals surface area contributed by atoms with Gasteiger partial charge < -0.3 is 35.5 Å². The summed E-state index contributed by atoms with van der Waals surface area (Å²) in [6.07, 6.45) is 1.36. The van der Waals surface area contributed by atoms with E-state index in [9.17, 15) is 33.0 Å². The monoisotopic (exact) mass is 1350 g/mol. The van der Waals surface area contributed by atoms with Gasteiger partial charge in [0.05, 0.1) is 37.3 Å². The van der Waals surface area contributed by atoms with Gasteiger partial charge in [-0.3, -0.25) is 9.69 Å². The quantitative estimate of drug-likeness (QED) is 0.0782. The van der Waals surface area contributed by atoms with Crippen LogP contribution in [-0.4, -0.2) is 74.8 Å². The van der Waals surface area contributed by atoms with Gasteiger partial charge in [0.15, 0.2) is 15.6 Å². The molecular weight excluding hydrogens is 1300 g/mol. The van der Waals surface area contributed by atoms with E-state index < -0.39 is 21.8 Å². The third-order valence-corrected chi connectivity index (χ3v) is 14.0. The number of aliphatic carboxylic acids is 1. The summed E-state index contributed by atoms with van der Waals surface area (Å²) in [7, 11) is -3.23. The number of halogens is 4. The van der Waals surface area contributed by atoms with Crippen molar-refractivity contribution in [1.29, 1.82) is 0 Å². The first-order valence-corrected chi connectivity index (χ1v) is 25.6. The fourth-order valence-corrected chi connectivity index (χ4v) is 10.6. The molecule has 0 unspecified atom stereocenters. The molecule has 0 bridgehead atoms. The molecule has 1 heterocycles. The molecule has 0 fully saturated rings. The number of likely N-dealkylation sites (N-methyl/N-ethyl adjacent to an activating group) is 1. The zero-order valence-corrected chi connectivity index (χ0v) is 47.5. The van der Waals surface area contributed by atoms with E-state index in [1.807, 2.05) is 120 Å². The molecule has 1 amide bonds. The van der Waals surface area contributed by atoms with E-state index in [1.165, 1.54) is 6.26 Å². The standard InChI is InChI=1S/C17H14O4S.C15H11I4NO4.C14H22N2O.Na/c1-22(19,20)14-9-7-12(8-10-14)15-11-21-17(18)16(15)13-5-3-2-4-6-13;16-8-4-7(5-9(17)13(8)21)24-14-10(18)1-6(2-11(14)19)3-12(20)15(22)23;1-5-16(6-2)10-13(17)15-14-11(3)8-7-9-12(14)4;/h2-10H,11H2,1H3;1-2,4-5,12,21H,3,20H2,(H,22,23);7-9H,5-6,10H2,1-4H3,(H,15,17);/q;;;+1/p-1/t;12-;;/m.0../s1. The van der Waals surface area contributed by atoms with Crippen molar-refractivity contribution in [2.75, 3.05) is 37.8 Å². The van der Waals surface area contributed by atoms with Crippen molar-refractivity contribution in [3.63, 3.8) is 0 Å². The van der Waals surface area contributed by atoms with E-state index in [0.717, 1.165) is 59.3 Å². The smallest absolute Gasteiger partial charge is 0.548 e. The average Bonchev–Trinajstić information content (AvgIpc) is 3.63. The Morgan fingerprint density at radius 1 is 0.859 bits per heavy atom. The van der Waals surface area contributed by atoms with Crippen LogP contribution in [0.2, 0.25) is 0 Å². The number of phenols is 1. The Balaban J connectivity index is 0.000000257. The zero-order valence-electron chi connectivity index (χ0n) is 36.0. The normalized spacial score (nSPS) is 12.5. The molecule has 5 aromatic carbocycles. The summed E-state index contributed by atoms with van der Waals surface area (Å²) in [6, 6.07) is 28.0. The summed E-state index contributed by atoms with van der Waals surface area (Å²) in [5.74, 6) is -0.0245. The summed E-state index contributed by atoms with van der Waals surface area (Å²) >= 11 is 8.37. The fourth-order valence-electron chi connectivity index (χ4n) is 6.16. The summed E-state index contributed by atoms with van der Waals surface area (Å²) in [6.45, 7) is 10.6. The van der Waals surface area contributed by atoms with E-state index in [4.69, 9.17) is 15.2 Å². The number of anilines is 1. The van der Waals surface area contributed by atoms with Crippen LogP contribution in [0.3, 0.4) is 0 Å². The summed E-state index contributed by atoms with van der Waals surface area (Å²) in [4.78, 5) is 37.0. The molecule has 0 radical (unpaired) electrons. The topological polar surface area (TPSA) is 188 Å². The molecule has 18 heteroatoms. The van der Waals surface area contributed by atoms with Crippen molar-refractivity contribution in [3.8, 4) is 17.2 Å². The fraction of sp³-hybridized carbons (Fsp3) is 0.239. The number of aryl methyl sites for hydroxylation is 2. The van der Waals surface area contributed by atoms with Gasteiger partial charge in [0.2, 0.25) is 5.91 Å². The zero-order chi connectivity index (χ0) is 46.6. The first-order valence-electron chi connectivity index (χ1n) is 19.4. The minimum absolute atomic E-state index is 0.